The Bertz CT molecular complexity index is 1110. The second kappa shape index (κ2) is 10.1. The van der Waals surface area contributed by atoms with Crippen LogP contribution in [0.1, 0.15) is 57.7 Å². The fourth-order valence-corrected chi connectivity index (χ4v) is 4.15. The quantitative estimate of drug-likeness (QED) is 0.358. The van der Waals surface area contributed by atoms with Gasteiger partial charge in [-0.05, 0) is 45.2 Å². The third-order valence-electron chi connectivity index (χ3n) is 5.93. The van der Waals surface area contributed by atoms with Crippen molar-refractivity contribution in [3.8, 4) is 5.75 Å². The van der Waals surface area contributed by atoms with Gasteiger partial charge in [0.25, 0.3) is 5.91 Å². The molecule has 0 bridgehead atoms. The van der Waals surface area contributed by atoms with Crippen molar-refractivity contribution in [3.63, 3.8) is 0 Å². The summed E-state index contributed by atoms with van der Waals surface area (Å²) in [5.74, 6) is -0.999. The van der Waals surface area contributed by atoms with Gasteiger partial charge in [-0.25, -0.2) is 4.79 Å². The van der Waals surface area contributed by atoms with Crippen LogP contribution >= 0.6 is 0 Å². The molecular weight excluding hydrogens is 471 g/mol. The first-order valence-corrected chi connectivity index (χ1v) is 11.4. The first kappa shape index (κ1) is 26.3. The van der Waals surface area contributed by atoms with Gasteiger partial charge in [0.05, 0.1) is 12.0 Å². The lowest BCUT2D eigenvalue weighted by molar-refractivity contribution is -0.141. The lowest BCUT2D eigenvalue weighted by Gasteiger charge is -2.27. The highest BCUT2D eigenvalue weighted by Gasteiger charge is 2.50. The van der Waals surface area contributed by atoms with E-state index < -0.39 is 29.4 Å². The van der Waals surface area contributed by atoms with Gasteiger partial charge < -0.3 is 19.3 Å². The Morgan fingerprint density at radius 2 is 1.91 bits per heavy atom. The van der Waals surface area contributed by atoms with E-state index in [2.05, 4.69) is 5.16 Å². The summed E-state index contributed by atoms with van der Waals surface area (Å²) >= 11 is 0. The van der Waals surface area contributed by atoms with E-state index in [0.29, 0.717) is 30.6 Å². The number of hydrogen-bond acceptors (Lipinski definition) is 6. The molecule has 192 valence electrons. The van der Waals surface area contributed by atoms with Crippen LogP contribution in [0.3, 0.4) is 0 Å². The summed E-state index contributed by atoms with van der Waals surface area (Å²) in [7, 11) is 0. The smallest absolute Gasteiger partial charge is 0.437 e. The minimum absolute atomic E-state index is 0.0281. The second-order valence-corrected chi connectivity index (χ2v) is 8.85. The Labute approximate surface area is 199 Å². The number of carbonyl (C=O) groups is 3. The van der Waals surface area contributed by atoms with Gasteiger partial charge >= 0.3 is 18.2 Å². The molecule has 1 aliphatic heterocycles. The Hall–Kier alpha value is -3.31. The minimum atomic E-state index is -4.64. The van der Waals surface area contributed by atoms with Gasteiger partial charge in [-0.15, -0.1) is 0 Å². The van der Waals surface area contributed by atoms with Crippen LogP contribution in [0.25, 0.3) is 11.0 Å². The zero-order valence-electron chi connectivity index (χ0n) is 19.8. The molecule has 2 aromatic rings. The van der Waals surface area contributed by atoms with E-state index in [4.69, 9.17) is 14.4 Å². The number of aromatic nitrogens is 1. The molecule has 1 N–H and O–H groups in total. The van der Waals surface area contributed by atoms with Crippen LogP contribution in [-0.2, 0) is 22.2 Å². The highest BCUT2D eigenvalue weighted by atomic mass is 19.4. The van der Waals surface area contributed by atoms with Crippen molar-refractivity contribution in [2.24, 2.45) is 0 Å². The van der Waals surface area contributed by atoms with Crippen molar-refractivity contribution in [2.45, 2.75) is 64.6 Å². The number of benzene rings is 1. The molecule has 9 nitrogen and oxygen atoms in total. The van der Waals surface area contributed by atoms with Crippen molar-refractivity contribution in [1.82, 2.24) is 15.0 Å². The average molecular weight is 499 g/mol. The van der Waals surface area contributed by atoms with Crippen molar-refractivity contribution < 1.29 is 41.9 Å². The number of carboxylic acid groups (broad SMARTS) is 1. The van der Waals surface area contributed by atoms with Gasteiger partial charge in [-0.3, -0.25) is 14.5 Å². The molecular formula is C23H28F3N3O6. The van der Waals surface area contributed by atoms with Gasteiger partial charge in [-0.2, -0.15) is 13.2 Å². The summed E-state index contributed by atoms with van der Waals surface area (Å²) in [4.78, 5) is 38.8. The number of aryl methyl sites for hydroxylation is 1. The Kier molecular flexibility index (Phi) is 7.61. The van der Waals surface area contributed by atoms with E-state index in [-0.39, 0.29) is 49.4 Å². The largest absolute Gasteiger partial charge is 0.493 e. The first-order chi connectivity index (χ1) is 16.4. The molecule has 1 aromatic carbocycles. The topological polar surface area (TPSA) is 113 Å². The van der Waals surface area contributed by atoms with Gasteiger partial charge in [0.2, 0.25) is 0 Å². The first-order valence-electron chi connectivity index (χ1n) is 11.4. The van der Waals surface area contributed by atoms with Gasteiger partial charge in [0.15, 0.2) is 11.3 Å². The van der Waals surface area contributed by atoms with Crippen LogP contribution < -0.4 is 4.74 Å². The fourth-order valence-electron chi connectivity index (χ4n) is 4.15. The molecule has 2 heterocycles. The molecule has 1 saturated heterocycles. The predicted molar refractivity (Wildman–Crippen MR) is 118 cm³/mol. The summed E-state index contributed by atoms with van der Waals surface area (Å²) in [5.41, 5.74) is -1.66. The number of halogens is 3. The molecule has 3 amide bonds. The summed E-state index contributed by atoms with van der Waals surface area (Å²) in [6.45, 7) is 5.45. The third kappa shape index (κ3) is 5.35. The monoisotopic (exact) mass is 499 g/mol. The Balaban J connectivity index is 1.65. The highest BCUT2D eigenvalue weighted by molar-refractivity contribution is 6.06. The highest BCUT2D eigenvalue weighted by Crippen LogP contribution is 2.38. The molecule has 12 heteroatoms. The molecule has 0 unspecified atom stereocenters. The van der Waals surface area contributed by atoms with Crippen molar-refractivity contribution >= 4 is 28.9 Å². The standard InChI is InChI=1S/C23H28F3N3O6/c1-4-7-14-16(10-9-15-18(14)35-27-19(15)23(24,25)26)34-13-6-11-28-20(32)22(2,3)29(21(28)33)12-5-8-17(30)31/h9-10H,4-8,11-13H2,1-3H3,(H,30,31). The molecule has 0 radical (unpaired) electrons. The number of carbonyl (C=O) groups excluding carboxylic acids is 2. The van der Waals surface area contributed by atoms with Crippen molar-refractivity contribution in [2.75, 3.05) is 19.7 Å². The minimum Gasteiger partial charge on any atom is -0.493 e. The number of fused-ring (bicyclic) bond motifs is 1. The lowest BCUT2D eigenvalue weighted by Crippen LogP contribution is -2.44. The van der Waals surface area contributed by atoms with Crippen LogP contribution in [0.15, 0.2) is 16.7 Å². The van der Waals surface area contributed by atoms with Crippen LogP contribution in [0, 0.1) is 0 Å². The molecule has 0 saturated carbocycles. The number of urea groups is 1. The number of carboxylic acids is 1. The van der Waals surface area contributed by atoms with E-state index in [1.54, 1.807) is 13.8 Å². The average Bonchev–Trinajstić information content (AvgIpc) is 3.27. The fraction of sp³-hybridized carbons (Fsp3) is 0.565. The number of rotatable bonds is 11. The summed E-state index contributed by atoms with van der Waals surface area (Å²) < 4.78 is 50.3. The Morgan fingerprint density at radius 3 is 2.54 bits per heavy atom. The van der Waals surface area contributed by atoms with E-state index in [0.717, 1.165) is 4.90 Å². The molecule has 1 fully saturated rings. The lowest BCUT2D eigenvalue weighted by atomic mass is 10.0. The molecule has 35 heavy (non-hydrogen) atoms. The SMILES string of the molecule is CCCc1c(OCCCN2C(=O)N(CCCC(=O)O)C(C)(C)C2=O)ccc2c(C(F)(F)F)noc12. The van der Waals surface area contributed by atoms with Crippen molar-refractivity contribution in [1.29, 1.82) is 0 Å². The number of nitrogens with zero attached hydrogens (tertiary/aromatic N) is 3. The zero-order valence-corrected chi connectivity index (χ0v) is 19.8. The zero-order chi connectivity index (χ0) is 26.0. The number of hydrogen-bond donors (Lipinski definition) is 1. The summed E-state index contributed by atoms with van der Waals surface area (Å²) in [5, 5.41) is 11.9. The molecule has 3 rings (SSSR count). The van der Waals surface area contributed by atoms with E-state index in [1.165, 1.54) is 17.0 Å². The number of amides is 3. The molecule has 1 aromatic heterocycles. The van der Waals surface area contributed by atoms with Crippen LogP contribution in [-0.4, -0.2) is 63.2 Å². The van der Waals surface area contributed by atoms with Crippen LogP contribution in [0.5, 0.6) is 5.75 Å². The normalized spacial score (nSPS) is 15.9. The van der Waals surface area contributed by atoms with Crippen molar-refractivity contribution in [3.05, 3.63) is 23.4 Å². The molecule has 0 aliphatic carbocycles. The number of alkyl halides is 3. The maximum Gasteiger partial charge on any atom is 0.437 e. The van der Waals surface area contributed by atoms with E-state index >= 15 is 0 Å². The van der Waals surface area contributed by atoms with Gasteiger partial charge in [0.1, 0.15) is 11.3 Å². The number of imide groups is 1. The van der Waals surface area contributed by atoms with Gasteiger partial charge in [0, 0.05) is 25.1 Å². The van der Waals surface area contributed by atoms with E-state index in [9.17, 15) is 27.6 Å². The van der Waals surface area contributed by atoms with E-state index in [1.807, 2.05) is 6.92 Å². The number of aliphatic carboxylic acids is 1. The molecule has 0 spiro atoms. The summed E-state index contributed by atoms with van der Waals surface area (Å²) in [6.07, 6.45) is -3.16. The molecule has 1 aliphatic rings. The number of ether oxygens (including phenoxy) is 1. The van der Waals surface area contributed by atoms with Gasteiger partial charge in [-0.1, -0.05) is 18.5 Å². The summed E-state index contributed by atoms with van der Waals surface area (Å²) in [6, 6.07) is 2.22. The molecule has 0 atom stereocenters. The predicted octanol–water partition coefficient (Wildman–Crippen LogP) is 4.48. The maximum atomic E-state index is 13.2. The van der Waals surface area contributed by atoms with Crippen LogP contribution in [0.4, 0.5) is 18.0 Å². The maximum absolute atomic E-state index is 13.2. The van der Waals surface area contributed by atoms with Crippen LogP contribution in [0.2, 0.25) is 0 Å². The Morgan fingerprint density at radius 1 is 1.20 bits per heavy atom. The second-order valence-electron chi connectivity index (χ2n) is 8.85. The third-order valence-corrected chi connectivity index (χ3v) is 5.93.